The fraction of sp³-hybridized carbons (Fsp3) is 0.750. The monoisotopic (exact) mass is 186 g/mol. The second kappa shape index (κ2) is 6.08. The van der Waals surface area contributed by atoms with Crippen LogP contribution < -0.4 is 0 Å². The number of aliphatic carboxylic acids is 1. The van der Waals surface area contributed by atoms with Crippen LogP contribution in [0.5, 0.6) is 0 Å². The molecule has 0 aromatic heterocycles. The minimum atomic E-state index is -4.67. The smallest absolute Gasteiger partial charge is 0.394 e. The third-order valence-electron chi connectivity index (χ3n) is 0.464. The fourth-order valence-corrected chi connectivity index (χ4v) is 0.214. The van der Waals surface area contributed by atoms with Gasteiger partial charge >= 0.3 is 16.4 Å². The number of carboxylic acid groups (broad SMARTS) is 1. The van der Waals surface area contributed by atoms with E-state index >= 15 is 0 Å². The lowest BCUT2D eigenvalue weighted by atomic mass is 10.4. The van der Waals surface area contributed by atoms with Gasteiger partial charge < -0.3 is 5.11 Å². The first-order valence-corrected chi connectivity index (χ1v) is 4.08. The second-order valence-electron chi connectivity index (χ2n) is 1.59. The summed E-state index contributed by atoms with van der Waals surface area (Å²) in [6, 6.07) is 0. The maximum Gasteiger partial charge on any atom is 0.394 e. The molecule has 0 saturated heterocycles. The molecule has 0 aromatic carbocycles. The van der Waals surface area contributed by atoms with Gasteiger partial charge in [0.25, 0.3) is 0 Å². The average Bonchev–Trinajstić information content (AvgIpc) is 1.58. The molecule has 0 spiro atoms. The lowest BCUT2D eigenvalue weighted by molar-refractivity contribution is -0.137. The van der Waals surface area contributed by atoms with Crippen LogP contribution in [0.25, 0.3) is 0 Å². The molecule has 0 aromatic rings. The molecule has 0 aliphatic heterocycles. The zero-order valence-corrected chi connectivity index (χ0v) is 6.71. The third kappa shape index (κ3) is 91.9. The Kier molecular flexibility index (Phi) is 7.16. The maximum atomic E-state index is 9.60. The predicted molar refractivity (Wildman–Crippen MR) is 36.7 cm³/mol. The van der Waals surface area contributed by atoms with Crippen LogP contribution in [0.15, 0.2) is 0 Å². The van der Waals surface area contributed by atoms with E-state index in [0.29, 0.717) is 6.42 Å². The van der Waals surface area contributed by atoms with Crippen molar-refractivity contribution >= 4 is 16.4 Å². The Morgan fingerprint density at radius 1 is 1.36 bits per heavy atom. The minimum Gasteiger partial charge on any atom is -0.481 e. The Balaban J connectivity index is 0. The van der Waals surface area contributed by atoms with Gasteiger partial charge in [0.1, 0.15) is 0 Å². The van der Waals surface area contributed by atoms with Crippen molar-refractivity contribution in [1.82, 2.24) is 0 Å². The van der Waals surface area contributed by atoms with Crippen molar-refractivity contribution in [3.8, 4) is 0 Å². The van der Waals surface area contributed by atoms with E-state index in [1.165, 1.54) is 0 Å². The highest BCUT2D eigenvalue weighted by Gasteiger charge is 1.87. The molecule has 11 heavy (non-hydrogen) atoms. The van der Waals surface area contributed by atoms with E-state index < -0.39 is 16.4 Å². The second-order valence-corrected chi connectivity index (χ2v) is 2.49. The summed E-state index contributed by atoms with van der Waals surface area (Å²) in [5.74, 6) is -0.711. The molecule has 6 nitrogen and oxygen atoms in total. The van der Waals surface area contributed by atoms with Crippen LogP contribution in [0.4, 0.5) is 0 Å². The lowest BCUT2D eigenvalue weighted by Crippen LogP contribution is -1.90. The SMILES string of the molecule is CCCC(=O)O.O=S(=O)(O)O. The molecule has 0 atom stereocenters. The van der Waals surface area contributed by atoms with Crippen LogP contribution in [-0.2, 0) is 15.2 Å². The quantitative estimate of drug-likeness (QED) is 0.532. The van der Waals surface area contributed by atoms with Gasteiger partial charge in [-0.1, -0.05) is 6.92 Å². The van der Waals surface area contributed by atoms with Gasteiger partial charge in [0.2, 0.25) is 0 Å². The number of hydrogen-bond acceptors (Lipinski definition) is 3. The van der Waals surface area contributed by atoms with Gasteiger partial charge in [-0.2, -0.15) is 8.42 Å². The Morgan fingerprint density at radius 3 is 1.64 bits per heavy atom. The molecule has 3 N–H and O–H groups in total. The van der Waals surface area contributed by atoms with Crippen molar-refractivity contribution in [3.63, 3.8) is 0 Å². The van der Waals surface area contributed by atoms with Gasteiger partial charge in [-0.3, -0.25) is 13.9 Å². The van der Waals surface area contributed by atoms with Crippen LogP contribution in [-0.4, -0.2) is 28.6 Å². The molecule has 0 rings (SSSR count). The summed E-state index contributed by atoms with van der Waals surface area (Å²) in [6.45, 7) is 1.84. The van der Waals surface area contributed by atoms with Crippen molar-refractivity contribution in [2.45, 2.75) is 19.8 Å². The fourth-order valence-electron chi connectivity index (χ4n) is 0.214. The zero-order chi connectivity index (χ0) is 9.49. The summed E-state index contributed by atoms with van der Waals surface area (Å²) < 4.78 is 31.6. The van der Waals surface area contributed by atoms with E-state index in [0.717, 1.165) is 6.42 Å². The topological polar surface area (TPSA) is 112 Å². The van der Waals surface area contributed by atoms with Crippen LogP contribution >= 0.6 is 0 Å². The highest BCUT2D eigenvalue weighted by atomic mass is 32.3. The summed E-state index contributed by atoms with van der Waals surface area (Å²) in [7, 11) is -4.67. The molecule has 0 fully saturated rings. The minimum absolute atomic E-state index is 0.292. The van der Waals surface area contributed by atoms with Gasteiger partial charge in [-0.25, -0.2) is 0 Å². The van der Waals surface area contributed by atoms with E-state index in [4.69, 9.17) is 22.6 Å². The number of hydrogen-bond donors (Lipinski definition) is 3. The van der Waals surface area contributed by atoms with E-state index in [9.17, 15) is 4.79 Å². The first-order valence-electron chi connectivity index (χ1n) is 2.69. The normalized spacial score (nSPS) is 9.73. The van der Waals surface area contributed by atoms with Gasteiger partial charge in [-0.15, -0.1) is 0 Å². The Hall–Kier alpha value is -0.660. The van der Waals surface area contributed by atoms with Crippen molar-refractivity contribution in [2.24, 2.45) is 0 Å². The molecular weight excluding hydrogens is 176 g/mol. The highest BCUT2D eigenvalue weighted by molar-refractivity contribution is 7.79. The predicted octanol–water partition coefficient (Wildman–Crippen LogP) is 0.218. The molecule has 0 unspecified atom stereocenters. The third-order valence-corrected chi connectivity index (χ3v) is 0.464. The molecule has 0 saturated carbocycles. The molecule has 0 amide bonds. The van der Waals surface area contributed by atoms with Crippen LogP contribution in [0.1, 0.15) is 19.8 Å². The first kappa shape index (κ1) is 13.0. The summed E-state index contributed by atoms with van der Waals surface area (Å²) in [5, 5.41) is 7.91. The van der Waals surface area contributed by atoms with Crippen LogP contribution in [0.2, 0.25) is 0 Å². The molecule has 7 heteroatoms. The Bertz CT molecular complexity index is 185. The summed E-state index contributed by atoms with van der Waals surface area (Å²) in [5.41, 5.74) is 0. The summed E-state index contributed by atoms with van der Waals surface area (Å²) >= 11 is 0. The lowest BCUT2D eigenvalue weighted by Gasteiger charge is -1.79. The van der Waals surface area contributed by atoms with E-state index in [2.05, 4.69) is 0 Å². The molecule has 0 aliphatic rings. The van der Waals surface area contributed by atoms with Crippen molar-refractivity contribution < 1.29 is 27.4 Å². The van der Waals surface area contributed by atoms with Gasteiger partial charge in [0, 0.05) is 6.42 Å². The van der Waals surface area contributed by atoms with E-state index in [1.54, 1.807) is 0 Å². The number of rotatable bonds is 2. The average molecular weight is 186 g/mol. The van der Waals surface area contributed by atoms with Crippen LogP contribution in [0, 0.1) is 0 Å². The first-order chi connectivity index (χ1) is 4.77. The standard InChI is InChI=1S/C4H8O2.H2O4S/c1-2-3-4(5)6;1-5(2,3)4/h2-3H2,1H3,(H,5,6);(H2,1,2,3,4). The Morgan fingerprint density at radius 2 is 1.64 bits per heavy atom. The van der Waals surface area contributed by atoms with E-state index in [-0.39, 0.29) is 0 Å². The van der Waals surface area contributed by atoms with Crippen molar-refractivity contribution in [1.29, 1.82) is 0 Å². The molecular formula is C4H10O6S. The van der Waals surface area contributed by atoms with Crippen LogP contribution in [0.3, 0.4) is 0 Å². The van der Waals surface area contributed by atoms with Gasteiger partial charge in [-0.05, 0) is 6.42 Å². The Labute approximate surface area is 64.4 Å². The maximum absolute atomic E-state index is 9.60. The molecule has 0 bridgehead atoms. The molecule has 68 valence electrons. The highest BCUT2D eigenvalue weighted by Crippen LogP contribution is 1.82. The van der Waals surface area contributed by atoms with Gasteiger partial charge in [0.15, 0.2) is 0 Å². The number of carboxylic acids is 1. The van der Waals surface area contributed by atoms with E-state index in [1.807, 2.05) is 6.92 Å². The van der Waals surface area contributed by atoms with Crippen molar-refractivity contribution in [2.75, 3.05) is 0 Å². The molecule has 0 heterocycles. The zero-order valence-electron chi connectivity index (χ0n) is 5.89. The molecule has 0 aliphatic carbocycles. The van der Waals surface area contributed by atoms with Gasteiger partial charge in [0.05, 0.1) is 0 Å². The number of carbonyl (C=O) groups is 1. The van der Waals surface area contributed by atoms with Crippen molar-refractivity contribution in [3.05, 3.63) is 0 Å². The molecule has 0 radical (unpaired) electrons. The summed E-state index contributed by atoms with van der Waals surface area (Å²) in [4.78, 5) is 9.60. The summed E-state index contributed by atoms with van der Waals surface area (Å²) in [6.07, 6.45) is 1.02. The largest absolute Gasteiger partial charge is 0.481 e.